The molecular weight excluding hydrogens is 783 g/mol. The van der Waals surface area contributed by atoms with Gasteiger partial charge in [0.25, 0.3) is 0 Å². The molecule has 0 bridgehead atoms. The van der Waals surface area contributed by atoms with Crippen molar-refractivity contribution in [1.82, 2.24) is 13.7 Å². The second kappa shape index (κ2) is 12.2. The lowest BCUT2D eigenvalue weighted by Crippen LogP contribution is -2.37. The Morgan fingerprint density at radius 1 is 0.302 bits per heavy atom. The quantitative estimate of drug-likeness (QED) is 0.170. The van der Waals surface area contributed by atoms with Gasteiger partial charge in [0.2, 0.25) is 0 Å². The first-order valence-electron chi connectivity index (χ1n) is 21.8. The summed E-state index contributed by atoms with van der Waals surface area (Å²) in [5.74, 6) is 0. The molecule has 4 heteroatoms. The molecule has 0 amide bonds. The van der Waals surface area contributed by atoms with Crippen LogP contribution in [0.1, 0.15) is 22.3 Å². The van der Waals surface area contributed by atoms with Gasteiger partial charge in [0.1, 0.15) is 0 Å². The smallest absolute Gasteiger partial charge is 0.0765 e. The second-order valence-electron chi connectivity index (χ2n) is 17.2. The summed E-state index contributed by atoms with van der Waals surface area (Å²) in [6, 6.07) is 79.7. The van der Waals surface area contributed by atoms with Gasteiger partial charge in [0.15, 0.2) is 0 Å². The minimum atomic E-state index is -0.565. The molecule has 0 saturated heterocycles. The van der Waals surface area contributed by atoms with Gasteiger partial charge in [0.05, 0.1) is 44.2 Å². The number of benzene rings is 10. The van der Waals surface area contributed by atoms with Crippen LogP contribution in [0.15, 0.2) is 222 Å². The van der Waals surface area contributed by atoms with Crippen molar-refractivity contribution in [1.29, 1.82) is 0 Å². The Bertz CT molecular complexity index is 4140. The summed E-state index contributed by atoms with van der Waals surface area (Å²) < 4.78 is 7.49. The fourth-order valence-electron chi connectivity index (χ4n) is 11.8. The third-order valence-electron chi connectivity index (χ3n) is 14.2. The van der Waals surface area contributed by atoms with Crippen molar-refractivity contribution < 1.29 is 0 Å². The van der Waals surface area contributed by atoms with Crippen molar-refractivity contribution in [3.8, 4) is 17.1 Å². The van der Waals surface area contributed by atoms with Crippen LogP contribution in [0.3, 0.4) is 0 Å². The molecule has 63 heavy (non-hydrogen) atoms. The van der Waals surface area contributed by atoms with E-state index in [1.807, 2.05) is 11.8 Å². The number of fused-ring (bicyclic) bond motifs is 18. The van der Waals surface area contributed by atoms with Crippen LogP contribution in [0.5, 0.6) is 0 Å². The summed E-state index contributed by atoms with van der Waals surface area (Å²) in [6.45, 7) is 0. The lowest BCUT2D eigenvalue weighted by atomic mass is 9.62. The fourth-order valence-corrected chi connectivity index (χ4v) is 13.0. The molecule has 3 nitrogen and oxygen atoms in total. The van der Waals surface area contributed by atoms with Gasteiger partial charge in [-0.2, -0.15) is 0 Å². The molecule has 1 spiro atoms. The van der Waals surface area contributed by atoms with Gasteiger partial charge >= 0.3 is 0 Å². The predicted octanol–water partition coefficient (Wildman–Crippen LogP) is 15.3. The number of hydrogen-bond donors (Lipinski definition) is 0. The predicted molar refractivity (Wildman–Crippen MR) is 263 cm³/mol. The lowest BCUT2D eigenvalue weighted by molar-refractivity contribution is 0.690. The zero-order chi connectivity index (χ0) is 41.0. The van der Waals surface area contributed by atoms with Gasteiger partial charge in [-0.05, 0) is 106 Å². The van der Waals surface area contributed by atoms with Crippen molar-refractivity contribution in [3.05, 3.63) is 235 Å². The van der Waals surface area contributed by atoms with Crippen LogP contribution in [-0.2, 0) is 5.41 Å². The van der Waals surface area contributed by atoms with E-state index in [0.717, 1.165) is 5.69 Å². The maximum absolute atomic E-state index is 2.56. The first-order chi connectivity index (χ1) is 31.3. The van der Waals surface area contributed by atoms with Gasteiger partial charge in [-0.1, -0.05) is 151 Å². The Morgan fingerprint density at radius 3 is 1.67 bits per heavy atom. The van der Waals surface area contributed by atoms with Crippen LogP contribution >= 0.6 is 11.8 Å². The average Bonchev–Trinajstić information content (AvgIpc) is 3.98. The maximum Gasteiger partial charge on any atom is 0.0765 e. The first kappa shape index (κ1) is 33.9. The van der Waals surface area contributed by atoms with E-state index in [4.69, 9.17) is 0 Å². The van der Waals surface area contributed by atoms with Crippen LogP contribution in [0.4, 0.5) is 0 Å². The Labute approximate surface area is 366 Å². The number of para-hydroxylation sites is 5. The zero-order valence-electron chi connectivity index (χ0n) is 34.0. The summed E-state index contributed by atoms with van der Waals surface area (Å²) in [5, 5.41) is 10.1. The molecule has 1 unspecified atom stereocenters. The highest BCUT2D eigenvalue weighted by atomic mass is 32.2. The fraction of sp³-hybridized carbons (Fsp3) is 0.0169. The summed E-state index contributed by atoms with van der Waals surface area (Å²) >= 11 is 1.91. The number of aromatic nitrogens is 3. The van der Waals surface area contributed by atoms with E-state index in [1.165, 1.54) is 120 Å². The molecule has 15 rings (SSSR count). The van der Waals surface area contributed by atoms with Gasteiger partial charge in [0, 0.05) is 53.5 Å². The molecule has 1 atom stereocenters. The van der Waals surface area contributed by atoms with Gasteiger partial charge < -0.3 is 13.7 Å². The van der Waals surface area contributed by atoms with E-state index in [0.29, 0.717) is 0 Å². The van der Waals surface area contributed by atoms with E-state index < -0.39 is 5.41 Å². The van der Waals surface area contributed by atoms with Gasteiger partial charge in [-0.3, -0.25) is 0 Å². The van der Waals surface area contributed by atoms with Crippen molar-refractivity contribution in [2.75, 3.05) is 0 Å². The molecule has 0 aliphatic carbocycles. The van der Waals surface area contributed by atoms with Crippen molar-refractivity contribution in [3.63, 3.8) is 0 Å². The third-order valence-corrected chi connectivity index (χ3v) is 15.4. The number of rotatable bonds is 2. The normalized spacial score (nSPS) is 15.3. The topological polar surface area (TPSA) is 14.8 Å². The SMILES string of the molecule is c1ccc2c(c1)Sc1cc3c4ccccc4n(-c4ccc5c(c4)c4ccccc4n5-c4ccc5ccccc5c4)c3cc1C21c2ccccc2-n2c3ccccc3c3cccc1c32. The molecule has 0 fully saturated rings. The van der Waals surface area contributed by atoms with Crippen LogP contribution in [0.25, 0.3) is 93.3 Å². The van der Waals surface area contributed by atoms with E-state index in [2.05, 4.69) is 226 Å². The molecular formula is C59H35N3S. The molecule has 2 aliphatic rings. The van der Waals surface area contributed by atoms with Gasteiger partial charge in [-0.25, -0.2) is 0 Å². The standard InChI is InChI=1S/C59H35N3S/c1-2-15-37-32-38(29-28-36(37)14-1)60-50-23-8-4-17-41(50)44-33-39(30-31-53(44)60)61-51-24-9-5-18-42(51)45-34-57-49(35-55(45)61)59(47-21-7-12-27-56(47)63-57)46-20-6-11-26-54(46)62-52-25-10-3-16-40(52)43-19-13-22-48(59)58(43)62/h1-35H. The molecule has 292 valence electrons. The summed E-state index contributed by atoms with van der Waals surface area (Å²) in [4.78, 5) is 2.60. The van der Waals surface area contributed by atoms with E-state index in [1.54, 1.807) is 0 Å². The molecule has 0 N–H and O–H groups in total. The highest BCUT2D eigenvalue weighted by Crippen LogP contribution is 2.61. The van der Waals surface area contributed by atoms with Crippen LogP contribution < -0.4 is 0 Å². The molecule has 5 heterocycles. The Kier molecular flexibility index (Phi) is 6.55. The Hall–Kier alpha value is -7.79. The first-order valence-corrected chi connectivity index (χ1v) is 22.6. The van der Waals surface area contributed by atoms with Crippen molar-refractivity contribution in [2.45, 2.75) is 15.2 Å². The van der Waals surface area contributed by atoms with Crippen LogP contribution in [0, 0.1) is 0 Å². The van der Waals surface area contributed by atoms with Gasteiger partial charge in [-0.15, -0.1) is 0 Å². The maximum atomic E-state index is 2.56. The van der Waals surface area contributed by atoms with Crippen LogP contribution in [-0.4, -0.2) is 13.7 Å². The molecule has 3 aromatic heterocycles. The molecule has 2 aliphatic heterocycles. The Morgan fingerprint density at radius 2 is 0.857 bits per heavy atom. The Balaban J connectivity index is 1.05. The largest absolute Gasteiger partial charge is 0.309 e. The van der Waals surface area contributed by atoms with Crippen molar-refractivity contribution in [2.24, 2.45) is 0 Å². The van der Waals surface area contributed by atoms with E-state index in [9.17, 15) is 0 Å². The van der Waals surface area contributed by atoms with Crippen LogP contribution in [0.2, 0.25) is 0 Å². The van der Waals surface area contributed by atoms with E-state index >= 15 is 0 Å². The third kappa shape index (κ3) is 4.26. The summed E-state index contributed by atoms with van der Waals surface area (Å²) in [6.07, 6.45) is 0. The lowest BCUT2D eigenvalue weighted by Gasteiger charge is -2.45. The zero-order valence-corrected chi connectivity index (χ0v) is 34.8. The summed E-state index contributed by atoms with van der Waals surface area (Å²) in [7, 11) is 0. The molecule has 0 saturated carbocycles. The monoisotopic (exact) mass is 817 g/mol. The molecule has 13 aromatic rings. The second-order valence-corrected chi connectivity index (χ2v) is 18.3. The van der Waals surface area contributed by atoms with E-state index in [-0.39, 0.29) is 0 Å². The average molecular weight is 818 g/mol. The minimum Gasteiger partial charge on any atom is -0.309 e. The highest BCUT2D eigenvalue weighted by Gasteiger charge is 2.49. The highest BCUT2D eigenvalue weighted by molar-refractivity contribution is 7.99. The molecule has 0 radical (unpaired) electrons. The minimum absolute atomic E-state index is 0.565. The number of nitrogens with zero attached hydrogens (tertiary/aromatic N) is 3. The molecule has 10 aromatic carbocycles. The van der Waals surface area contributed by atoms with Crippen molar-refractivity contribution >= 4 is 88.0 Å². The summed E-state index contributed by atoms with van der Waals surface area (Å²) in [5.41, 5.74) is 15.6. The number of hydrogen-bond acceptors (Lipinski definition) is 1.